The molecule has 0 aromatic carbocycles. The highest BCUT2D eigenvalue weighted by molar-refractivity contribution is 5.05. The number of alkyl halides is 3. The highest BCUT2D eigenvalue weighted by atomic mass is 19.4. The van der Waals surface area contributed by atoms with Crippen LogP contribution in [0, 0.1) is 11.3 Å². The third kappa shape index (κ3) is 2.78. The summed E-state index contributed by atoms with van der Waals surface area (Å²) in [4.78, 5) is 0. The molecule has 0 spiro atoms. The van der Waals surface area contributed by atoms with E-state index >= 15 is 0 Å². The van der Waals surface area contributed by atoms with E-state index in [1.165, 1.54) is 0 Å². The lowest BCUT2D eigenvalue weighted by atomic mass is 9.61. The summed E-state index contributed by atoms with van der Waals surface area (Å²) >= 11 is 0. The van der Waals surface area contributed by atoms with Gasteiger partial charge in [0.2, 0.25) is 0 Å². The van der Waals surface area contributed by atoms with E-state index in [1.54, 1.807) is 6.92 Å². The molecule has 1 saturated carbocycles. The molecule has 0 aliphatic heterocycles. The van der Waals surface area contributed by atoms with Gasteiger partial charge >= 0.3 is 6.18 Å². The molecule has 0 heterocycles. The summed E-state index contributed by atoms with van der Waals surface area (Å²) < 4.78 is 40.5. The van der Waals surface area contributed by atoms with Crippen molar-refractivity contribution in [2.75, 3.05) is 6.54 Å². The topological polar surface area (TPSA) is 12.0 Å². The van der Waals surface area contributed by atoms with E-state index in [9.17, 15) is 13.2 Å². The van der Waals surface area contributed by atoms with Gasteiger partial charge in [-0.05, 0) is 30.7 Å². The second kappa shape index (κ2) is 4.79. The Balaban J connectivity index is 3.14. The van der Waals surface area contributed by atoms with Gasteiger partial charge in [0, 0.05) is 0 Å². The molecule has 2 atom stereocenters. The number of nitrogens with one attached hydrogen (secondary N) is 1. The molecule has 1 rings (SSSR count). The van der Waals surface area contributed by atoms with Crippen LogP contribution in [-0.4, -0.2) is 18.3 Å². The molecule has 0 saturated heterocycles. The fourth-order valence-electron chi connectivity index (χ4n) is 3.31. The average Bonchev–Trinajstić information content (AvgIpc) is 2.15. The molecule has 17 heavy (non-hydrogen) atoms. The molecule has 1 aliphatic carbocycles. The van der Waals surface area contributed by atoms with Crippen LogP contribution in [0.5, 0.6) is 0 Å². The van der Waals surface area contributed by atoms with Gasteiger partial charge in [-0.25, -0.2) is 0 Å². The second-order valence-electron chi connectivity index (χ2n) is 6.16. The number of rotatable bonds is 2. The Kier molecular flexibility index (Phi) is 4.17. The van der Waals surface area contributed by atoms with E-state index in [4.69, 9.17) is 0 Å². The summed E-state index contributed by atoms with van der Waals surface area (Å²) in [7, 11) is 0. The van der Waals surface area contributed by atoms with E-state index in [2.05, 4.69) is 5.32 Å². The number of hydrogen-bond donors (Lipinski definition) is 1. The summed E-state index contributed by atoms with van der Waals surface area (Å²) in [6.45, 7) is 7.87. The molecule has 1 fully saturated rings. The molecule has 4 heteroatoms. The molecule has 1 N–H and O–H groups in total. The fourth-order valence-corrected chi connectivity index (χ4v) is 3.31. The monoisotopic (exact) mass is 251 g/mol. The molecule has 0 bridgehead atoms. The molecule has 2 unspecified atom stereocenters. The van der Waals surface area contributed by atoms with Crippen molar-refractivity contribution in [3.63, 3.8) is 0 Å². The van der Waals surface area contributed by atoms with Crippen molar-refractivity contribution < 1.29 is 13.2 Å². The first kappa shape index (κ1) is 14.8. The van der Waals surface area contributed by atoms with E-state index < -0.39 is 11.7 Å². The van der Waals surface area contributed by atoms with Crippen LogP contribution < -0.4 is 5.32 Å². The first-order chi connectivity index (χ1) is 7.65. The summed E-state index contributed by atoms with van der Waals surface area (Å²) in [6, 6.07) is 0. The molecule has 0 amide bonds. The summed E-state index contributed by atoms with van der Waals surface area (Å²) in [5.41, 5.74) is -2.00. The van der Waals surface area contributed by atoms with E-state index in [1.807, 2.05) is 20.8 Å². The third-order valence-corrected chi connectivity index (χ3v) is 3.95. The Morgan fingerprint density at radius 2 is 1.76 bits per heavy atom. The van der Waals surface area contributed by atoms with Crippen LogP contribution in [0.25, 0.3) is 0 Å². The lowest BCUT2D eigenvalue weighted by molar-refractivity contribution is -0.232. The maximum absolute atomic E-state index is 13.5. The zero-order valence-electron chi connectivity index (χ0n) is 11.2. The van der Waals surface area contributed by atoms with E-state index in [0.29, 0.717) is 19.4 Å². The summed E-state index contributed by atoms with van der Waals surface area (Å²) in [5.74, 6) is -0.344. The largest absolute Gasteiger partial charge is 0.406 e. The van der Waals surface area contributed by atoms with Gasteiger partial charge in [0.15, 0.2) is 0 Å². The molecule has 1 nitrogen and oxygen atoms in total. The Labute approximate surface area is 102 Å². The minimum Gasteiger partial charge on any atom is -0.304 e. The smallest absolute Gasteiger partial charge is 0.304 e. The SMILES string of the molecule is CCNC1(C(F)(F)F)CCCCC1C(C)(C)C. The fraction of sp³-hybridized carbons (Fsp3) is 1.00. The quantitative estimate of drug-likeness (QED) is 0.778. The second-order valence-corrected chi connectivity index (χ2v) is 6.16. The van der Waals surface area contributed by atoms with Crippen LogP contribution in [-0.2, 0) is 0 Å². The number of halogens is 3. The Morgan fingerprint density at radius 1 is 1.18 bits per heavy atom. The molecule has 0 aromatic rings. The van der Waals surface area contributed by atoms with Gasteiger partial charge in [0.25, 0.3) is 0 Å². The third-order valence-electron chi connectivity index (χ3n) is 3.95. The van der Waals surface area contributed by atoms with Gasteiger partial charge in [0.05, 0.1) is 0 Å². The van der Waals surface area contributed by atoms with Crippen LogP contribution in [0.15, 0.2) is 0 Å². The predicted octanol–water partition coefficient (Wildman–Crippen LogP) is 4.13. The van der Waals surface area contributed by atoms with Crippen molar-refractivity contribution in [2.45, 2.75) is 65.1 Å². The minimum atomic E-state index is -4.17. The molecule has 102 valence electrons. The van der Waals surface area contributed by atoms with Crippen molar-refractivity contribution >= 4 is 0 Å². The summed E-state index contributed by atoms with van der Waals surface area (Å²) in [5, 5.41) is 2.77. The maximum Gasteiger partial charge on any atom is 0.406 e. The minimum absolute atomic E-state index is 0.215. The molecular weight excluding hydrogens is 227 g/mol. The first-order valence-electron chi connectivity index (χ1n) is 6.47. The molecule has 0 aromatic heterocycles. The van der Waals surface area contributed by atoms with Gasteiger partial charge in [-0.15, -0.1) is 0 Å². The van der Waals surface area contributed by atoms with Gasteiger partial charge in [-0.2, -0.15) is 13.2 Å². The predicted molar refractivity (Wildman–Crippen MR) is 63.9 cm³/mol. The zero-order chi connectivity index (χ0) is 13.3. The van der Waals surface area contributed by atoms with Crippen LogP contribution in [0.3, 0.4) is 0 Å². The van der Waals surface area contributed by atoms with Gasteiger partial charge < -0.3 is 5.32 Å². The van der Waals surface area contributed by atoms with Crippen molar-refractivity contribution in [3.05, 3.63) is 0 Å². The molecule has 1 aliphatic rings. The normalized spacial score (nSPS) is 31.6. The summed E-state index contributed by atoms with van der Waals surface area (Å²) in [6.07, 6.45) is -1.71. The van der Waals surface area contributed by atoms with Gasteiger partial charge in [-0.3, -0.25) is 0 Å². The first-order valence-corrected chi connectivity index (χ1v) is 6.47. The highest BCUT2D eigenvalue weighted by Gasteiger charge is 2.61. The molecule has 0 radical (unpaired) electrons. The maximum atomic E-state index is 13.5. The van der Waals surface area contributed by atoms with Crippen molar-refractivity contribution in [3.8, 4) is 0 Å². The van der Waals surface area contributed by atoms with E-state index in [-0.39, 0.29) is 17.8 Å². The zero-order valence-corrected chi connectivity index (χ0v) is 11.2. The standard InChI is InChI=1S/C13H24F3N/c1-5-17-12(13(14,15)16)9-7-6-8-10(12)11(2,3)4/h10,17H,5-9H2,1-4H3. The lowest BCUT2D eigenvalue weighted by Crippen LogP contribution is -2.65. The Hall–Kier alpha value is -0.250. The van der Waals surface area contributed by atoms with Gasteiger partial charge in [0.1, 0.15) is 5.54 Å². The van der Waals surface area contributed by atoms with Crippen LogP contribution >= 0.6 is 0 Å². The average molecular weight is 251 g/mol. The van der Waals surface area contributed by atoms with Crippen molar-refractivity contribution in [1.82, 2.24) is 5.32 Å². The van der Waals surface area contributed by atoms with E-state index in [0.717, 1.165) is 6.42 Å². The van der Waals surface area contributed by atoms with Gasteiger partial charge in [-0.1, -0.05) is 40.5 Å². The van der Waals surface area contributed by atoms with Crippen LogP contribution in [0.2, 0.25) is 0 Å². The van der Waals surface area contributed by atoms with Crippen molar-refractivity contribution in [1.29, 1.82) is 0 Å². The number of hydrogen-bond acceptors (Lipinski definition) is 1. The van der Waals surface area contributed by atoms with Crippen molar-refractivity contribution in [2.24, 2.45) is 11.3 Å². The van der Waals surface area contributed by atoms with Crippen LogP contribution in [0.4, 0.5) is 13.2 Å². The van der Waals surface area contributed by atoms with Crippen LogP contribution in [0.1, 0.15) is 53.4 Å². The highest BCUT2D eigenvalue weighted by Crippen LogP contribution is 2.51. The lowest BCUT2D eigenvalue weighted by Gasteiger charge is -2.51. The molecular formula is C13H24F3N. The Bertz CT molecular complexity index is 250. The Morgan fingerprint density at radius 3 is 2.18 bits per heavy atom.